The molecule has 0 aromatic heterocycles. The number of hydrogen-bond donors (Lipinski definition) is 1. The smallest absolute Gasteiger partial charge is 0.253 e. The van der Waals surface area contributed by atoms with Crippen LogP contribution in [-0.2, 0) is 4.79 Å². The summed E-state index contributed by atoms with van der Waals surface area (Å²) in [5.41, 5.74) is 0.737. The molecule has 25 heavy (non-hydrogen) atoms. The first kappa shape index (κ1) is 17.9. The summed E-state index contributed by atoms with van der Waals surface area (Å²) < 4.78 is 0. The van der Waals surface area contributed by atoms with Crippen LogP contribution in [0.2, 0.25) is 0 Å². The minimum absolute atomic E-state index is 0.0852. The number of carbonyl (C=O) groups excluding carboxylic acids is 2. The molecule has 0 radical (unpaired) electrons. The van der Waals surface area contributed by atoms with Gasteiger partial charge in [-0.15, -0.1) is 0 Å². The Kier molecular flexibility index (Phi) is 6.45. The van der Waals surface area contributed by atoms with Crippen LogP contribution >= 0.6 is 0 Å². The summed E-state index contributed by atoms with van der Waals surface area (Å²) in [4.78, 5) is 28.6. The summed E-state index contributed by atoms with van der Waals surface area (Å²) in [5, 5.41) is 3.10. The third-order valence-corrected chi connectivity index (χ3v) is 5.36. The first-order valence-corrected chi connectivity index (χ1v) is 9.56. The Morgan fingerprint density at radius 2 is 1.64 bits per heavy atom. The van der Waals surface area contributed by atoms with Crippen molar-refractivity contribution in [1.29, 1.82) is 0 Å². The van der Waals surface area contributed by atoms with Gasteiger partial charge in [-0.3, -0.25) is 14.5 Å². The summed E-state index contributed by atoms with van der Waals surface area (Å²) in [6, 6.07) is 9.40. The van der Waals surface area contributed by atoms with Crippen molar-refractivity contribution in [3.8, 4) is 0 Å². The molecule has 2 aliphatic rings. The SMILES string of the molecule is O=C(CN1CCN(C(=O)c2ccccc2)CC1)NCC1CCCCC1. The highest BCUT2D eigenvalue weighted by atomic mass is 16.2. The highest BCUT2D eigenvalue weighted by molar-refractivity contribution is 5.94. The van der Waals surface area contributed by atoms with Crippen LogP contribution in [0.25, 0.3) is 0 Å². The van der Waals surface area contributed by atoms with Gasteiger partial charge in [-0.25, -0.2) is 0 Å². The number of piperazine rings is 1. The van der Waals surface area contributed by atoms with Crippen molar-refractivity contribution in [3.63, 3.8) is 0 Å². The molecule has 1 saturated heterocycles. The predicted octanol–water partition coefficient (Wildman–Crippen LogP) is 2.14. The number of nitrogens with one attached hydrogen (secondary N) is 1. The van der Waals surface area contributed by atoms with E-state index in [1.807, 2.05) is 35.2 Å². The van der Waals surface area contributed by atoms with Gasteiger partial charge < -0.3 is 10.2 Å². The highest BCUT2D eigenvalue weighted by Gasteiger charge is 2.23. The summed E-state index contributed by atoms with van der Waals surface area (Å²) in [6.45, 7) is 4.16. The average Bonchev–Trinajstić information content (AvgIpc) is 2.68. The number of hydrogen-bond acceptors (Lipinski definition) is 3. The zero-order chi connectivity index (χ0) is 17.5. The normalized spacial score (nSPS) is 19.6. The molecule has 136 valence electrons. The van der Waals surface area contributed by atoms with Crippen molar-refractivity contribution in [2.45, 2.75) is 32.1 Å². The van der Waals surface area contributed by atoms with Crippen molar-refractivity contribution in [2.75, 3.05) is 39.3 Å². The molecule has 1 aromatic carbocycles. The number of carbonyl (C=O) groups is 2. The molecule has 3 rings (SSSR count). The molecule has 5 heteroatoms. The zero-order valence-corrected chi connectivity index (χ0v) is 15.0. The topological polar surface area (TPSA) is 52.7 Å². The second-order valence-corrected chi connectivity index (χ2v) is 7.24. The molecule has 1 N–H and O–H groups in total. The lowest BCUT2D eigenvalue weighted by atomic mass is 9.89. The van der Waals surface area contributed by atoms with E-state index in [1.165, 1.54) is 32.1 Å². The first-order chi connectivity index (χ1) is 12.2. The Hall–Kier alpha value is -1.88. The van der Waals surface area contributed by atoms with Crippen molar-refractivity contribution in [2.24, 2.45) is 5.92 Å². The van der Waals surface area contributed by atoms with Crippen molar-refractivity contribution < 1.29 is 9.59 Å². The molecular formula is C20H29N3O2. The third kappa shape index (κ3) is 5.30. The molecule has 1 saturated carbocycles. The molecule has 1 aliphatic heterocycles. The standard InChI is InChI=1S/C20H29N3O2/c24-19(21-15-17-7-3-1-4-8-17)16-22-11-13-23(14-12-22)20(25)18-9-5-2-6-10-18/h2,5-6,9-10,17H,1,3-4,7-8,11-16H2,(H,21,24). The number of nitrogens with zero attached hydrogens (tertiary/aromatic N) is 2. The number of benzene rings is 1. The Morgan fingerprint density at radius 1 is 0.960 bits per heavy atom. The predicted molar refractivity (Wildman–Crippen MR) is 98.4 cm³/mol. The molecule has 1 heterocycles. The van der Waals surface area contributed by atoms with Gasteiger partial charge in [0.2, 0.25) is 5.91 Å². The summed E-state index contributed by atoms with van der Waals surface area (Å²) in [6.07, 6.45) is 6.45. The van der Waals surface area contributed by atoms with Crippen LogP contribution in [-0.4, -0.2) is 60.9 Å². The second-order valence-electron chi connectivity index (χ2n) is 7.24. The van der Waals surface area contributed by atoms with Gasteiger partial charge >= 0.3 is 0 Å². The highest BCUT2D eigenvalue weighted by Crippen LogP contribution is 2.22. The molecule has 5 nitrogen and oxygen atoms in total. The lowest BCUT2D eigenvalue weighted by Crippen LogP contribution is -2.51. The zero-order valence-electron chi connectivity index (χ0n) is 15.0. The van der Waals surface area contributed by atoms with Crippen LogP contribution in [0.1, 0.15) is 42.5 Å². The lowest BCUT2D eigenvalue weighted by Gasteiger charge is -2.34. The van der Waals surface area contributed by atoms with Crippen LogP contribution in [0.15, 0.2) is 30.3 Å². The second kappa shape index (κ2) is 8.99. The molecule has 1 aromatic rings. The monoisotopic (exact) mass is 343 g/mol. The van der Waals surface area contributed by atoms with Crippen molar-refractivity contribution in [3.05, 3.63) is 35.9 Å². The van der Waals surface area contributed by atoms with E-state index in [-0.39, 0.29) is 11.8 Å². The maximum atomic E-state index is 12.4. The van der Waals surface area contributed by atoms with E-state index in [0.29, 0.717) is 25.6 Å². The van der Waals surface area contributed by atoms with E-state index >= 15 is 0 Å². The van der Waals surface area contributed by atoms with Crippen molar-refractivity contribution in [1.82, 2.24) is 15.1 Å². The van der Waals surface area contributed by atoms with E-state index in [0.717, 1.165) is 25.2 Å². The molecule has 2 amide bonds. The largest absolute Gasteiger partial charge is 0.355 e. The van der Waals surface area contributed by atoms with Gasteiger partial charge in [-0.1, -0.05) is 37.5 Å². The molecular weight excluding hydrogens is 314 g/mol. The van der Waals surface area contributed by atoms with Gasteiger partial charge in [-0.2, -0.15) is 0 Å². The Morgan fingerprint density at radius 3 is 2.32 bits per heavy atom. The number of rotatable bonds is 5. The van der Waals surface area contributed by atoms with Crippen molar-refractivity contribution >= 4 is 11.8 Å². The van der Waals surface area contributed by atoms with E-state index in [1.54, 1.807) is 0 Å². The van der Waals surface area contributed by atoms with Crippen LogP contribution in [0, 0.1) is 5.92 Å². The minimum Gasteiger partial charge on any atom is -0.355 e. The lowest BCUT2D eigenvalue weighted by molar-refractivity contribution is -0.122. The molecule has 0 unspecified atom stereocenters. The fourth-order valence-electron chi connectivity index (χ4n) is 3.78. The molecule has 0 atom stereocenters. The fourth-order valence-corrected chi connectivity index (χ4v) is 3.78. The van der Waals surface area contributed by atoms with Crippen LogP contribution < -0.4 is 5.32 Å². The Bertz CT molecular complexity index is 562. The van der Waals surface area contributed by atoms with E-state index < -0.39 is 0 Å². The minimum atomic E-state index is 0.0852. The summed E-state index contributed by atoms with van der Waals surface area (Å²) in [7, 11) is 0. The molecule has 0 spiro atoms. The fraction of sp³-hybridized carbons (Fsp3) is 0.600. The Labute approximate surface area is 150 Å². The van der Waals surface area contributed by atoms with E-state index in [9.17, 15) is 9.59 Å². The van der Waals surface area contributed by atoms with Crippen LogP contribution in [0.4, 0.5) is 0 Å². The quantitative estimate of drug-likeness (QED) is 0.891. The molecule has 1 aliphatic carbocycles. The Balaban J connectivity index is 1.37. The maximum absolute atomic E-state index is 12.4. The van der Waals surface area contributed by atoms with Crippen LogP contribution in [0.3, 0.4) is 0 Å². The van der Waals surface area contributed by atoms with E-state index in [2.05, 4.69) is 10.2 Å². The average molecular weight is 343 g/mol. The van der Waals surface area contributed by atoms with Gasteiger partial charge in [-0.05, 0) is 30.9 Å². The van der Waals surface area contributed by atoms with Gasteiger partial charge in [0.15, 0.2) is 0 Å². The van der Waals surface area contributed by atoms with Gasteiger partial charge in [0.25, 0.3) is 5.91 Å². The summed E-state index contributed by atoms with van der Waals surface area (Å²) in [5.74, 6) is 0.869. The first-order valence-electron chi connectivity index (χ1n) is 9.56. The van der Waals surface area contributed by atoms with Crippen LogP contribution in [0.5, 0.6) is 0 Å². The molecule has 0 bridgehead atoms. The number of amides is 2. The van der Waals surface area contributed by atoms with Gasteiger partial charge in [0.05, 0.1) is 6.54 Å². The van der Waals surface area contributed by atoms with E-state index in [4.69, 9.17) is 0 Å². The maximum Gasteiger partial charge on any atom is 0.253 e. The van der Waals surface area contributed by atoms with Gasteiger partial charge in [0.1, 0.15) is 0 Å². The third-order valence-electron chi connectivity index (χ3n) is 5.36. The summed E-state index contributed by atoms with van der Waals surface area (Å²) >= 11 is 0. The molecule has 2 fully saturated rings. The van der Waals surface area contributed by atoms with Gasteiger partial charge in [0, 0.05) is 38.3 Å².